The molecule has 0 saturated heterocycles. The summed E-state index contributed by atoms with van der Waals surface area (Å²) in [6.07, 6.45) is 0.811. The number of thioether (sulfide) groups is 1. The summed E-state index contributed by atoms with van der Waals surface area (Å²) in [6.45, 7) is 1.92. The second kappa shape index (κ2) is 11.3. The number of nitrogens with one attached hydrogen (secondary N) is 2. The first kappa shape index (κ1) is 23.3. The number of hydrogen-bond donors (Lipinski definition) is 2. The highest BCUT2D eigenvalue weighted by atomic mass is 32.2. The van der Waals surface area contributed by atoms with Gasteiger partial charge in [-0.1, -0.05) is 97.5 Å². The molecular weight excluding hydrogens is 446 g/mol. The monoisotopic (exact) mass is 471 g/mol. The Bertz CT molecular complexity index is 1200. The van der Waals surface area contributed by atoms with Gasteiger partial charge in [-0.2, -0.15) is 0 Å². The lowest BCUT2D eigenvalue weighted by Gasteiger charge is -2.10. The van der Waals surface area contributed by atoms with Gasteiger partial charge >= 0.3 is 0 Å². The summed E-state index contributed by atoms with van der Waals surface area (Å²) in [7, 11) is 0. The molecule has 0 spiro atoms. The normalized spacial score (nSPS) is 10.6. The molecule has 0 saturated carbocycles. The highest BCUT2D eigenvalue weighted by molar-refractivity contribution is 7.99. The molecule has 0 aliphatic heterocycles. The maximum absolute atomic E-state index is 12.3. The smallest absolute Gasteiger partial charge is 0.257 e. The van der Waals surface area contributed by atoms with E-state index in [1.54, 1.807) is 0 Å². The molecule has 6 nitrogen and oxygen atoms in total. The van der Waals surface area contributed by atoms with Crippen molar-refractivity contribution in [2.24, 2.45) is 0 Å². The van der Waals surface area contributed by atoms with Crippen LogP contribution in [0.1, 0.15) is 12.5 Å². The summed E-state index contributed by atoms with van der Waals surface area (Å²) in [5.41, 5.74) is 4.38. The molecule has 0 aliphatic carbocycles. The van der Waals surface area contributed by atoms with Crippen LogP contribution in [0.4, 0.5) is 5.69 Å². The highest BCUT2D eigenvalue weighted by Crippen LogP contribution is 2.35. The predicted octanol–water partition coefficient (Wildman–Crippen LogP) is 5.42. The highest BCUT2D eigenvalue weighted by Gasteiger charge is 2.18. The van der Waals surface area contributed by atoms with Gasteiger partial charge in [0.1, 0.15) is 5.69 Å². The molecule has 1 heterocycles. The van der Waals surface area contributed by atoms with Crippen molar-refractivity contribution in [2.75, 3.05) is 17.6 Å². The Kier molecular flexibility index (Phi) is 7.78. The number of oxazole rings is 1. The number of aromatic nitrogens is 1. The Balaban J connectivity index is 1.37. The standard InChI is InChI=1S/C27H25N3O3S/c1-2-19-11-9-10-16-22(19)29-23(31)17-28-24(32)18-34-27-30-25(20-12-5-3-6-13-20)26(33-27)21-14-7-4-8-15-21/h3-16H,2,17-18H2,1H3,(H,28,32)(H,29,31). The number of hydrogen-bond acceptors (Lipinski definition) is 5. The molecule has 0 aliphatic rings. The predicted molar refractivity (Wildman–Crippen MR) is 136 cm³/mol. The third kappa shape index (κ3) is 5.94. The van der Waals surface area contributed by atoms with Crippen LogP contribution in [0.25, 0.3) is 22.6 Å². The Labute approximate surface area is 202 Å². The van der Waals surface area contributed by atoms with E-state index in [9.17, 15) is 9.59 Å². The first-order chi connectivity index (χ1) is 16.6. The molecule has 0 radical (unpaired) electrons. The van der Waals surface area contributed by atoms with Gasteiger partial charge < -0.3 is 15.1 Å². The summed E-state index contributed by atoms with van der Waals surface area (Å²) in [4.78, 5) is 29.2. The molecule has 0 fully saturated rings. The van der Waals surface area contributed by atoms with Crippen molar-refractivity contribution in [3.8, 4) is 22.6 Å². The molecule has 3 aromatic carbocycles. The maximum atomic E-state index is 12.3. The second-order valence-corrected chi connectivity index (χ2v) is 8.44. The number of nitrogens with zero attached hydrogens (tertiary/aromatic N) is 1. The van der Waals surface area contributed by atoms with Crippen LogP contribution in [0.15, 0.2) is 94.6 Å². The fourth-order valence-electron chi connectivity index (χ4n) is 3.44. The summed E-state index contributed by atoms with van der Waals surface area (Å²) in [5.74, 6) is 0.198. The molecule has 2 N–H and O–H groups in total. The average Bonchev–Trinajstić information content (AvgIpc) is 3.32. The number of aryl methyl sites for hydroxylation is 1. The third-order valence-corrected chi connectivity index (χ3v) is 5.96. The Morgan fingerprint density at radius 1 is 0.853 bits per heavy atom. The van der Waals surface area contributed by atoms with Gasteiger partial charge in [0.05, 0.1) is 12.3 Å². The molecule has 172 valence electrons. The first-order valence-corrected chi connectivity index (χ1v) is 12.0. The van der Waals surface area contributed by atoms with Crippen molar-refractivity contribution in [1.82, 2.24) is 10.3 Å². The molecule has 7 heteroatoms. The van der Waals surface area contributed by atoms with Crippen LogP contribution in [-0.4, -0.2) is 29.1 Å². The largest absolute Gasteiger partial charge is 0.431 e. The summed E-state index contributed by atoms with van der Waals surface area (Å²) >= 11 is 1.19. The summed E-state index contributed by atoms with van der Waals surface area (Å²) in [6, 6.07) is 27.2. The minimum absolute atomic E-state index is 0.0851. The number of rotatable bonds is 9. The van der Waals surface area contributed by atoms with E-state index in [1.807, 2.05) is 91.9 Å². The number of carbonyl (C=O) groups is 2. The second-order valence-electron chi connectivity index (χ2n) is 7.51. The maximum Gasteiger partial charge on any atom is 0.257 e. The summed E-state index contributed by atoms with van der Waals surface area (Å²) < 4.78 is 6.03. The van der Waals surface area contributed by atoms with Crippen molar-refractivity contribution in [1.29, 1.82) is 0 Å². The van der Waals surface area contributed by atoms with E-state index in [4.69, 9.17) is 4.42 Å². The van der Waals surface area contributed by atoms with E-state index >= 15 is 0 Å². The van der Waals surface area contributed by atoms with E-state index in [0.29, 0.717) is 11.0 Å². The Hall–Kier alpha value is -3.84. The van der Waals surface area contributed by atoms with Crippen LogP contribution in [0, 0.1) is 0 Å². The van der Waals surface area contributed by atoms with E-state index in [1.165, 1.54) is 11.8 Å². The lowest BCUT2D eigenvalue weighted by Crippen LogP contribution is -2.34. The fraction of sp³-hybridized carbons (Fsp3) is 0.148. The Morgan fingerprint density at radius 3 is 2.21 bits per heavy atom. The van der Waals surface area contributed by atoms with Gasteiger partial charge in [-0.15, -0.1) is 0 Å². The SMILES string of the molecule is CCc1ccccc1NC(=O)CNC(=O)CSc1nc(-c2ccccc2)c(-c2ccccc2)o1. The minimum atomic E-state index is -0.273. The zero-order valence-corrected chi connectivity index (χ0v) is 19.6. The minimum Gasteiger partial charge on any atom is -0.431 e. The topological polar surface area (TPSA) is 84.2 Å². The molecular formula is C27H25N3O3S. The lowest BCUT2D eigenvalue weighted by atomic mass is 10.1. The molecule has 1 aromatic heterocycles. The van der Waals surface area contributed by atoms with Gasteiger partial charge in [0, 0.05) is 16.8 Å². The molecule has 4 aromatic rings. The number of benzene rings is 3. The summed E-state index contributed by atoms with van der Waals surface area (Å²) in [5, 5.41) is 5.90. The van der Waals surface area contributed by atoms with Crippen molar-refractivity contribution in [3.63, 3.8) is 0 Å². The number of amides is 2. The van der Waals surface area contributed by atoms with Gasteiger partial charge in [0.15, 0.2) is 5.76 Å². The molecule has 2 amide bonds. The van der Waals surface area contributed by atoms with Gasteiger partial charge in [0.25, 0.3) is 5.22 Å². The Morgan fingerprint density at radius 2 is 1.50 bits per heavy atom. The van der Waals surface area contributed by atoms with E-state index in [2.05, 4.69) is 15.6 Å². The molecule has 0 bridgehead atoms. The number of para-hydroxylation sites is 1. The lowest BCUT2D eigenvalue weighted by molar-refractivity contribution is -0.122. The van der Waals surface area contributed by atoms with Crippen LogP contribution in [0.2, 0.25) is 0 Å². The van der Waals surface area contributed by atoms with Crippen LogP contribution >= 0.6 is 11.8 Å². The molecule has 4 rings (SSSR count). The number of anilines is 1. The number of carbonyl (C=O) groups excluding carboxylic acids is 2. The third-order valence-electron chi connectivity index (χ3n) is 5.14. The van der Waals surface area contributed by atoms with Gasteiger partial charge in [-0.05, 0) is 18.1 Å². The zero-order valence-electron chi connectivity index (χ0n) is 18.8. The van der Waals surface area contributed by atoms with E-state index in [-0.39, 0.29) is 24.1 Å². The van der Waals surface area contributed by atoms with Crippen molar-refractivity contribution in [3.05, 3.63) is 90.5 Å². The van der Waals surface area contributed by atoms with Crippen LogP contribution < -0.4 is 10.6 Å². The van der Waals surface area contributed by atoms with Crippen molar-refractivity contribution in [2.45, 2.75) is 18.6 Å². The molecule has 0 unspecified atom stereocenters. The molecule has 0 atom stereocenters. The van der Waals surface area contributed by atoms with Gasteiger partial charge in [-0.25, -0.2) is 4.98 Å². The van der Waals surface area contributed by atoms with Crippen LogP contribution in [-0.2, 0) is 16.0 Å². The fourth-order valence-corrected chi connectivity index (χ4v) is 4.10. The zero-order chi connectivity index (χ0) is 23.8. The van der Waals surface area contributed by atoms with E-state index in [0.717, 1.165) is 34.5 Å². The quantitative estimate of drug-likeness (QED) is 0.319. The van der Waals surface area contributed by atoms with Crippen molar-refractivity contribution >= 4 is 29.3 Å². The average molecular weight is 472 g/mol. The van der Waals surface area contributed by atoms with Crippen molar-refractivity contribution < 1.29 is 14.0 Å². The molecule has 34 heavy (non-hydrogen) atoms. The van der Waals surface area contributed by atoms with Gasteiger partial charge in [-0.3, -0.25) is 9.59 Å². The van der Waals surface area contributed by atoms with E-state index < -0.39 is 0 Å². The first-order valence-electron chi connectivity index (χ1n) is 11.0. The van der Waals surface area contributed by atoms with Crippen LogP contribution in [0.3, 0.4) is 0 Å². The van der Waals surface area contributed by atoms with Crippen LogP contribution in [0.5, 0.6) is 0 Å². The van der Waals surface area contributed by atoms with Gasteiger partial charge in [0.2, 0.25) is 11.8 Å².